The van der Waals surface area contributed by atoms with Crippen molar-refractivity contribution < 1.29 is 9.59 Å². The third-order valence-electron chi connectivity index (χ3n) is 5.48. The summed E-state index contributed by atoms with van der Waals surface area (Å²) in [5.41, 5.74) is 0. The third kappa shape index (κ3) is 5.36. The van der Waals surface area contributed by atoms with Crippen LogP contribution in [-0.2, 0) is 4.79 Å². The SMILES string of the molecule is O=C(NCCN1CCCCCC1)C1CCN(C(=O)NC2CC2)CC1. The van der Waals surface area contributed by atoms with Gasteiger partial charge >= 0.3 is 6.03 Å². The van der Waals surface area contributed by atoms with Crippen molar-refractivity contribution in [1.82, 2.24) is 20.4 Å². The van der Waals surface area contributed by atoms with Crippen LogP contribution in [0.25, 0.3) is 0 Å². The first-order valence-corrected chi connectivity index (χ1v) is 9.78. The molecule has 6 nitrogen and oxygen atoms in total. The molecule has 0 aromatic heterocycles. The zero-order valence-electron chi connectivity index (χ0n) is 14.8. The minimum Gasteiger partial charge on any atom is -0.355 e. The lowest BCUT2D eigenvalue weighted by Crippen LogP contribution is -2.48. The van der Waals surface area contributed by atoms with Crippen molar-refractivity contribution in [2.45, 2.75) is 57.4 Å². The average Bonchev–Trinajstić information content (AvgIpc) is 3.42. The maximum atomic E-state index is 12.3. The van der Waals surface area contributed by atoms with Gasteiger partial charge in [-0.15, -0.1) is 0 Å². The molecule has 0 atom stereocenters. The van der Waals surface area contributed by atoms with Crippen LogP contribution in [0.5, 0.6) is 0 Å². The lowest BCUT2D eigenvalue weighted by molar-refractivity contribution is -0.126. The summed E-state index contributed by atoms with van der Waals surface area (Å²) in [6.45, 7) is 5.45. The van der Waals surface area contributed by atoms with Gasteiger partial charge in [0.05, 0.1) is 0 Å². The van der Waals surface area contributed by atoms with Gasteiger partial charge in [-0.25, -0.2) is 4.79 Å². The molecule has 24 heavy (non-hydrogen) atoms. The summed E-state index contributed by atoms with van der Waals surface area (Å²) in [6.07, 6.45) is 9.06. The van der Waals surface area contributed by atoms with Crippen LogP contribution >= 0.6 is 0 Å². The summed E-state index contributed by atoms with van der Waals surface area (Å²) in [7, 11) is 0. The van der Waals surface area contributed by atoms with E-state index in [2.05, 4.69) is 15.5 Å². The summed E-state index contributed by atoms with van der Waals surface area (Å²) in [4.78, 5) is 28.7. The Morgan fingerprint density at radius 3 is 2.17 bits per heavy atom. The standard InChI is InChI=1S/C18H32N4O2/c23-17(19-9-14-21-10-3-1-2-4-11-21)15-7-12-22(13-8-15)18(24)20-16-5-6-16/h15-16H,1-14H2,(H,19,23)(H,20,24). The van der Waals surface area contributed by atoms with E-state index in [1.54, 1.807) is 0 Å². The number of urea groups is 1. The van der Waals surface area contributed by atoms with Crippen molar-refractivity contribution in [1.29, 1.82) is 0 Å². The highest BCUT2D eigenvalue weighted by Gasteiger charge is 2.30. The fourth-order valence-corrected chi connectivity index (χ4v) is 3.68. The van der Waals surface area contributed by atoms with Gasteiger partial charge in [0.2, 0.25) is 5.91 Å². The quantitative estimate of drug-likeness (QED) is 0.801. The summed E-state index contributed by atoms with van der Waals surface area (Å²) in [5.74, 6) is 0.242. The molecule has 0 aromatic carbocycles. The molecular weight excluding hydrogens is 304 g/mol. The van der Waals surface area contributed by atoms with Gasteiger partial charge in [-0.05, 0) is 51.6 Å². The van der Waals surface area contributed by atoms with E-state index in [-0.39, 0.29) is 17.9 Å². The Labute approximate surface area is 145 Å². The zero-order valence-corrected chi connectivity index (χ0v) is 14.8. The van der Waals surface area contributed by atoms with Crippen LogP contribution in [0.4, 0.5) is 4.79 Å². The highest BCUT2D eigenvalue weighted by molar-refractivity contribution is 5.79. The molecule has 2 aliphatic heterocycles. The summed E-state index contributed by atoms with van der Waals surface area (Å²) in [6, 6.07) is 0.454. The molecule has 1 saturated carbocycles. The van der Waals surface area contributed by atoms with E-state index in [1.807, 2.05) is 4.90 Å². The number of likely N-dealkylation sites (tertiary alicyclic amines) is 2. The number of piperidine rings is 1. The number of rotatable bonds is 5. The minimum absolute atomic E-state index is 0.0533. The van der Waals surface area contributed by atoms with E-state index >= 15 is 0 Å². The predicted octanol–water partition coefficient (Wildman–Crippen LogP) is 1.56. The van der Waals surface area contributed by atoms with E-state index in [4.69, 9.17) is 0 Å². The molecule has 0 spiro atoms. The Hall–Kier alpha value is -1.30. The fourth-order valence-electron chi connectivity index (χ4n) is 3.68. The van der Waals surface area contributed by atoms with Crippen LogP contribution < -0.4 is 10.6 Å². The monoisotopic (exact) mass is 336 g/mol. The van der Waals surface area contributed by atoms with Crippen LogP contribution in [-0.4, -0.2) is 67.0 Å². The van der Waals surface area contributed by atoms with Gasteiger partial charge in [-0.1, -0.05) is 12.8 Å². The Morgan fingerprint density at radius 2 is 1.54 bits per heavy atom. The van der Waals surface area contributed by atoms with Crippen molar-refractivity contribution in [3.63, 3.8) is 0 Å². The van der Waals surface area contributed by atoms with Crippen LogP contribution in [0.1, 0.15) is 51.4 Å². The van der Waals surface area contributed by atoms with Gasteiger partial charge in [0.1, 0.15) is 0 Å². The highest BCUT2D eigenvalue weighted by Crippen LogP contribution is 2.21. The van der Waals surface area contributed by atoms with E-state index in [9.17, 15) is 9.59 Å². The van der Waals surface area contributed by atoms with Crippen molar-refractivity contribution in [3.8, 4) is 0 Å². The molecule has 0 radical (unpaired) electrons. The second-order valence-electron chi connectivity index (χ2n) is 7.53. The first kappa shape index (κ1) is 17.5. The van der Waals surface area contributed by atoms with Gasteiger partial charge in [0.25, 0.3) is 0 Å². The Bertz CT molecular complexity index is 423. The van der Waals surface area contributed by atoms with E-state index in [0.29, 0.717) is 19.1 Å². The third-order valence-corrected chi connectivity index (χ3v) is 5.48. The molecule has 3 fully saturated rings. The largest absolute Gasteiger partial charge is 0.355 e. The van der Waals surface area contributed by atoms with Crippen LogP contribution in [0.3, 0.4) is 0 Å². The minimum atomic E-state index is 0.0533. The number of carbonyl (C=O) groups excluding carboxylic acids is 2. The van der Waals surface area contributed by atoms with Crippen LogP contribution in [0, 0.1) is 5.92 Å². The Morgan fingerprint density at radius 1 is 0.875 bits per heavy atom. The molecule has 2 N–H and O–H groups in total. The lowest BCUT2D eigenvalue weighted by Gasteiger charge is -2.31. The van der Waals surface area contributed by atoms with Crippen LogP contribution in [0.2, 0.25) is 0 Å². The molecule has 0 bridgehead atoms. The smallest absolute Gasteiger partial charge is 0.317 e. The predicted molar refractivity (Wildman–Crippen MR) is 93.8 cm³/mol. The summed E-state index contributed by atoms with van der Waals surface area (Å²) >= 11 is 0. The van der Waals surface area contributed by atoms with E-state index in [0.717, 1.165) is 38.8 Å². The normalized spacial score (nSPS) is 23.6. The lowest BCUT2D eigenvalue weighted by atomic mass is 9.96. The maximum Gasteiger partial charge on any atom is 0.317 e. The molecule has 3 aliphatic rings. The molecule has 2 heterocycles. The molecule has 3 rings (SSSR count). The molecule has 2 saturated heterocycles. The second-order valence-corrected chi connectivity index (χ2v) is 7.53. The zero-order chi connectivity index (χ0) is 16.8. The number of carbonyl (C=O) groups is 2. The van der Waals surface area contributed by atoms with E-state index in [1.165, 1.54) is 38.8 Å². The number of amides is 3. The number of hydrogen-bond acceptors (Lipinski definition) is 3. The fraction of sp³-hybridized carbons (Fsp3) is 0.889. The van der Waals surface area contributed by atoms with Crippen molar-refractivity contribution >= 4 is 11.9 Å². The average molecular weight is 336 g/mol. The molecule has 136 valence electrons. The first-order chi connectivity index (χ1) is 11.7. The second kappa shape index (κ2) is 8.70. The Balaban J connectivity index is 1.30. The number of nitrogens with one attached hydrogen (secondary N) is 2. The molecule has 3 amide bonds. The van der Waals surface area contributed by atoms with Crippen molar-refractivity contribution in [2.75, 3.05) is 39.3 Å². The summed E-state index contributed by atoms with van der Waals surface area (Å²) < 4.78 is 0. The van der Waals surface area contributed by atoms with Gasteiger partial charge in [0, 0.05) is 38.1 Å². The van der Waals surface area contributed by atoms with Gasteiger partial charge in [0.15, 0.2) is 0 Å². The van der Waals surface area contributed by atoms with Gasteiger partial charge in [-0.3, -0.25) is 4.79 Å². The number of nitrogens with zero attached hydrogens (tertiary/aromatic N) is 2. The van der Waals surface area contributed by atoms with Crippen molar-refractivity contribution in [3.05, 3.63) is 0 Å². The number of hydrogen-bond donors (Lipinski definition) is 2. The van der Waals surface area contributed by atoms with Gasteiger partial charge < -0.3 is 20.4 Å². The highest BCUT2D eigenvalue weighted by atomic mass is 16.2. The topological polar surface area (TPSA) is 64.7 Å². The van der Waals surface area contributed by atoms with E-state index < -0.39 is 0 Å². The molecule has 0 aromatic rings. The molecular formula is C18H32N4O2. The molecule has 0 unspecified atom stereocenters. The molecule has 1 aliphatic carbocycles. The molecule has 6 heteroatoms. The first-order valence-electron chi connectivity index (χ1n) is 9.78. The summed E-state index contributed by atoms with van der Waals surface area (Å²) in [5, 5.41) is 6.13. The maximum absolute atomic E-state index is 12.3. The van der Waals surface area contributed by atoms with Crippen molar-refractivity contribution in [2.24, 2.45) is 5.92 Å². The Kier molecular flexibility index (Phi) is 6.35. The van der Waals surface area contributed by atoms with Crippen LogP contribution in [0.15, 0.2) is 0 Å². The van der Waals surface area contributed by atoms with Gasteiger partial charge in [-0.2, -0.15) is 0 Å².